The molecule has 0 fully saturated rings. The average molecular weight is 181 g/mol. The van der Waals surface area contributed by atoms with E-state index in [2.05, 4.69) is 0 Å². The molecule has 0 aromatic heterocycles. The maximum Gasteiger partial charge on any atom is 0.116 e. The lowest BCUT2D eigenvalue weighted by Crippen LogP contribution is -1.79. The number of hydrogen-bond donors (Lipinski definition) is 1. The highest BCUT2D eigenvalue weighted by molar-refractivity contribution is 5.44. The second kappa shape index (κ2) is 13.0. The maximum atomic E-state index is 8.81. The molecule has 0 atom stereocenters. The van der Waals surface area contributed by atoms with Gasteiger partial charge in [-0.1, -0.05) is 18.2 Å². The molecule has 0 bridgehead atoms. The Morgan fingerprint density at radius 2 is 1.31 bits per heavy atom. The SMILES string of the molecule is CC=O.CC=O.Nc1ccccc1. The maximum absolute atomic E-state index is 8.81. The molecule has 0 aliphatic carbocycles. The van der Waals surface area contributed by atoms with E-state index in [-0.39, 0.29) is 0 Å². The topological polar surface area (TPSA) is 60.2 Å². The third-order valence-corrected chi connectivity index (χ3v) is 0.800. The summed E-state index contributed by atoms with van der Waals surface area (Å²) in [4.78, 5) is 17.6. The second-order valence-corrected chi connectivity index (χ2v) is 1.88. The van der Waals surface area contributed by atoms with Crippen LogP contribution in [-0.4, -0.2) is 12.6 Å². The van der Waals surface area contributed by atoms with Gasteiger partial charge < -0.3 is 15.3 Å². The average Bonchev–Trinajstić information content (AvgIpc) is 2.08. The largest absolute Gasteiger partial charge is 0.399 e. The predicted molar refractivity (Wildman–Crippen MR) is 54.3 cm³/mol. The second-order valence-electron chi connectivity index (χ2n) is 1.88. The van der Waals surface area contributed by atoms with E-state index in [0.29, 0.717) is 0 Å². The molecule has 0 aliphatic heterocycles. The molecule has 1 aromatic rings. The van der Waals surface area contributed by atoms with Crippen LogP contribution in [0.25, 0.3) is 0 Å². The van der Waals surface area contributed by atoms with Gasteiger partial charge in [-0.05, 0) is 26.0 Å². The Balaban J connectivity index is 0. The fourth-order valence-electron chi connectivity index (χ4n) is 0.453. The summed E-state index contributed by atoms with van der Waals surface area (Å²) in [6.07, 6.45) is 1.50. The fraction of sp³-hybridized carbons (Fsp3) is 0.200. The van der Waals surface area contributed by atoms with Crippen LogP contribution in [0.2, 0.25) is 0 Å². The van der Waals surface area contributed by atoms with Crippen molar-refractivity contribution in [2.75, 3.05) is 5.73 Å². The molecule has 0 amide bonds. The molecule has 0 saturated heterocycles. The number of rotatable bonds is 0. The van der Waals surface area contributed by atoms with E-state index in [1.165, 1.54) is 13.8 Å². The van der Waals surface area contributed by atoms with Gasteiger partial charge in [-0.3, -0.25) is 0 Å². The minimum atomic E-state index is 0.750. The first-order valence-corrected chi connectivity index (χ1v) is 3.83. The Hall–Kier alpha value is -1.64. The van der Waals surface area contributed by atoms with E-state index in [4.69, 9.17) is 15.3 Å². The van der Waals surface area contributed by atoms with E-state index in [1.54, 1.807) is 0 Å². The molecule has 2 N–H and O–H groups in total. The summed E-state index contributed by atoms with van der Waals surface area (Å²) >= 11 is 0. The van der Waals surface area contributed by atoms with E-state index in [1.807, 2.05) is 30.3 Å². The number of aldehydes is 2. The minimum absolute atomic E-state index is 0.750. The lowest BCUT2D eigenvalue weighted by Gasteiger charge is -1.83. The van der Waals surface area contributed by atoms with Crippen molar-refractivity contribution in [2.45, 2.75) is 13.8 Å². The van der Waals surface area contributed by atoms with E-state index in [9.17, 15) is 0 Å². The quantitative estimate of drug-likeness (QED) is 0.489. The highest BCUT2D eigenvalue weighted by Crippen LogP contribution is 1.95. The van der Waals surface area contributed by atoms with Gasteiger partial charge in [0.2, 0.25) is 0 Å². The number of anilines is 1. The van der Waals surface area contributed by atoms with Crippen molar-refractivity contribution in [1.82, 2.24) is 0 Å². The molecule has 3 heteroatoms. The molecule has 1 aromatic carbocycles. The number of para-hydroxylation sites is 1. The summed E-state index contributed by atoms with van der Waals surface area (Å²) in [5.41, 5.74) is 6.18. The van der Waals surface area contributed by atoms with Crippen molar-refractivity contribution in [3.8, 4) is 0 Å². The molecule has 0 heterocycles. The highest BCUT2D eigenvalue weighted by Gasteiger charge is 1.72. The predicted octanol–water partition coefficient (Wildman–Crippen LogP) is 1.68. The monoisotopic (exact) mass is 181 g/mol. The standard InChI is InChI=1S/C6H7N.2C2H4O/c7-6-4-2-1-3-5-6;2*1-2-3/h1-5H,7H2;2*2H,1H3. The Kier molecular flexibility index (Phi) is 13.9. The van der Waals surface area contributed by atoms with Crippen molar-refractivity contribution in [3.63, 3.8) is 0 Å². The molecule has 72 valence electrons. The Labute approximate surface area is 78.6 Å². The molecule has 0 spiro atoms. The third kappa shape index (κ3) is 17.9. The lowest BCUT2D eigenvalue weighted by atomic mass is 10.3. The van der Waals surface area contributed by atoms with Crippen molar-refractivity contribution in [2.24, 2.45) is 0 Å². The van der Waals surface area contributed by atoms with E-state index in [0.717, 1.165) is 18.3 Å². The van der Waals surface area contributed by atoms with Gasteiger partial charge in [0.1, 0.15) is 12.6 Å². The Morgan fingerprint density at radius 1 is 1.00 bits per heavy atom. The van der Waals surface area contributed by atoms with Crippen LogP contribution in [0.5, 0.6) is 0 Å². The van der Waals surface area contributed by atoms with Crippen molar-refractivity contribution >= 4 is 18.3 Å². The van der Waals surface area contributed by atoms with Crippen LogP contribution < -0.4 is 5.73 Å². The number of nitrogen functional groups attached to an aromatic ring is 1. The zero-order chi connectivity index (χ0) is 10.5. The first-order valence-electron chi connectivity index (χ1n) is 3.83. The smallest absolute Gasteiger partial charge is 0.116 e. The van der Waals surface area contributed by atoms with Gasteiger partial charge in [-0.25, -0.2) is 0 Å². The van der Waals surface area contributed by atoms with Gasteiger partial charge in [-0.15, -0.1) is 0 Å². The van der Waals surface area contributed by atoms with Crippen molar-refractivity contribution in [3.05, 3.63) is 30.3 Å². The van der Waals surface area contributed by atoms with Gasteiger partial charge in [0, 0.05) is 5.69 Å². The van der Waals surface area contributed by atoms with Crippen molar-refractivity contribution in [1.29, 1.82) is 0 Å². The summed E-state index contributed by atoms with van der Waals surface area (Å²) in [7, 11) is 0. The normalized spacial score (nSPS) is 6.62. The van der Waals surface area contributed by atoms with Crippen LogP contribution in [0.4, 0.5) is 5.69 Å². The van der Waals surface area contributed by atoms with Crippen LogP contribution >= 0.6 is 0 Å². The summed E-state index contributed by atoms with van der Waals surface area (Å²) in [5, 5.41) is 0. The summed E-state index contributed by atoms with van der Waals surface area (Å²) in [5.74, 6) is 0. The van der Waals surface area contributed by atoms with E-state index < -0.39 is 0 Å². The van der Waals surface area contributed by atoms with Crippen LogP contribution in [0.1, 0.15) is 13.8 Å². The van der Waals surface area contributed by atoms with Gasteiger partial charge in [0.25, 0.3) is 0 Å². The fourth-order valence-corrected chi connectivity index (χ4v) is 0.453. The number of benzene rings is 1. The van der Waals surface area contributed by atoms with Gasteiger partial charge in [0.05, 0.1) is 0 Å². The molecular weight excluding hydrogens is 166 g/mol. The van der Waals surface area contributed by atoms with Crippen LogP contribution in [0, 0.1) is 0 Å². The molecule has 0 radical (unpaired) electrons. The van der Waals surface area contributed by atoms with Gasteiger partial charge in [0.15, 0.2) is 0 Å². The number of hydrogen-bond acceptors (Lipinski definition) is 3. The van der Waals surface area contributed by atoms with Crippen LogP contribution in [-0.2, 0) is 9.59 Å². The lowest BCUT2D eigenvalue weighted by molar-refractivity contribution is -0.106. The van der Waals surface area contributed by atoms with E-state index >= 15 is 0 Å². The number of carbonyl (C=O) groups is 2. The van der Waals surface area contributed by atoms with Gasteiger partial charge in [-0.2, -0.15) is 0 Å². The molecular formula is C10H15NO2. The molecule has 0 unspecified atom stereocenters. The first-order chi connectivity index (χ1) is 6.22. The van der Waals surface area contributed by atoms with Crippen LogP contribution in [0.15, 0.2) is 30.3 Å². The summed E-state index contributed by atoms with van der Waals surface area (Å²) in [6, 6.07) is 9.49. The minimum Gasteiger partial charge on any atom is -0.399 e. The number of nitrogens with two attached hydrogens (primary N) is 1. The summed E-state index contributed by atoms with van der Waals surface area (Å²) < 4.78 is 0. The molecule has 3 nitrogen and oxygen atoms in total. The molecule has 0 saturated carbocycles. The molecule has 13 heavy (non-hydrogen) atoms. The van der Waals surface area contributed by atoms with Crippen molar-refractivity contribution < 1.29 is 9.59 Å². The molecule has 0 aliphatic rings. The van der Waals surface area contributed by atoms with Crippen LogP contribution in [0.3, 0.4) is 0 Å². The molecule has 1 rings (SSSR count). The Bertz CT molecular complexity index is 203. The Morgan fingerprint density at radius 3 is 1.46 bits per heavy atom. The third-order valence-electron chi connectivity index (χ3n) is 0.800. The highest BCUT2D eigenvalue weighted by atomic mass is 16.1. The first kappa shape index (κ1) is 13.9. The zero-order valence-electron chi connectivity index (χ0n) is 7.94. The van der Waals surface area contributed by atoms with Gasteiger partial charge >= 0.3 is 0 Å². The number of carbonyl (C=O) groups excluding carboxylic acids is 2. The summed E-state index contributed by atoms with van der Waals surface area (Å²) in [6.45, 7) is 2.89. The zero-order valence-corrected chi connectivity index (χ0v) is 7.94.